The van der Waals surface area contributed by atoms with Gasteiger partial charge in [-0.2, -0.15) is 0 Å². The van der Waals surface area contributed by atoms with Gasteiger partial charge in [-0.25, -0.2) is 0 Å². The molecule has 0 aromatic heterocycles. The normalized spacial score (nSPS) is 21.9. The molecule has 1 N–H and O–H groups in total. The lowest BCUT2D eigenvalue weighted by atomic mass is 9.94. The fraction of sp³-hybridized carbons (Fsp3) is 1.00. The van der Waals surface area contributed by atoms with E-state index in [2.05, 4.69) is 18.9 Å². The van der Waals surface area contributed by atoms with Crippen LogP contribution in [0.4, 0.5) is 0 Å². The molecule has 80 valence electrons. The summed E-state index contributed by atoms with van der Waals surface area (Å²) in [6, 6.07) is 0. The average molecular weight is 189 g/mol. The number of likely N-dealkylation sites (tertiary alicyclic amines) is 1. The van der Waals surface area contributed by atoms with E-state index in [0.717, 1.165) is 25.9 Å². The van der Waals surface area contributed by atoms with Crippen LogP contribution in [0.3, 0.4) is 0 Å². The van der Waals surface area contributed by atoms with Gasteiger partial charge in [-0.1, -0.05) is 13.8 Å². The standard InChI is InChI=1S/C8H17NO2.C2H6/c1-8(11-7-10)3-5-9(2)6-4-8;1-2/h10H,3-7H2,1-2H3;1-2H3. The number of ether oxygens (including phenoxy) is 1. The summed E-state index contributed by atoms with van der Waals surface area (Å²) < 4.78 is 5.25. The highest BCUT2D eigenvalue weighted by Gasteiger charge is 2.28. The molecule has 1 fully saturated rings. The zero-order chi connectivity index (χ0) is 10.3. The fourth-order valence-electron chi connectivity index (χ4n) is 1.39. The molecule has 1 aliphatic rings. The van der Waals surface area contributed by atoms with Gasteiger partial charge in [-0.05, 0) is 26.8 Å². The van der Waals surface area contributed by atoms with Crippen molar-refractivity contribution in [1.82, 2.24) is 4.90 Å². The minimum absolute atomic E-state index is 0.0821. The minimum atomic E-state index is -0.153. The van der Waals surface area contributed by atoms with Crippen LogP contribution in [0.1, 0.15) is 33.6 Å². The van der Waals surface area contributed by atoms with Gasteiger partial charge in [0.05, 0.1) is 5.60 Å². The number of piperidine rings is 1. The zero-order valence-electron chi connectivity index (χ0n) is 9.34. The van der Waals surface area contributed by atoms with Crippen molar-refractivity contribution in [2.75, 3.05) is 26.9 Å². The Bertz CT molecular complexity index is 120. The van der Waals surface area contributed by atoms with Crippen molar-refractivity contribution in [3.8, 4) is 0 Å². The van der Waals surface area contributed by atoms with E-state index in [1.54, 1.807) is 0 Å². The molecule has 1 heterocycles. The molecule has 0 amide bonds. The molecular weight excluding hydrogens is 166 g/mol. The largest absolute Gasteiger partial charge is 0.371 e. The van der Waals surface area contributed by atoms with Crippen LogP contribution in [0.5, 0.6) is 0 Å². The van der Waals surface area contributed by atoms with Crippen molar-refractivity contribution in [2.45, 2.75) is 39.2 Å². The second-order valence-electron chi connectivity index (χ2n) is 3.53. The molecule has 0 spiro atoms. The molecule has 0 aromatic carbocycles. The smallest absolute Gasteiger partial charge is 0.144 e. The van der Waals surface area contributed by atoms with Crippen LogP contribution in [0, 0.1) is 0 Å². The highest BCUT2D eigenvalue weighted by molar-refractivity contribution is 4.81. The lowest BCUT2D eigenvalue weighted by molar-refractivity contribution is -0.128. The SMILES string of the molecule is CC.CN1CCC(C)(OCO)CC1. The van der Waals surface area contributed by atoms with Crippen LogP contribution in [0.15, 0.2) is 0 Å². The lowest BCUT2D eigenvalue weighted by Crippen LogP contribution is -2.42. The summed E-state index contributed by atoms with van der Waals surface area (Å²) in [5.74, 6) is 0. The van der Waals surface area contributed by atoms with E-state index >= 15 is 0 Å². The third-order valence-corrected chi connectivity index (χ3v) is 2.46. The Kier molecular flexibility index (Phi) is 6.29. The first-order chi connectivity index (χ1) is 6.16. The molecule has 1 rings (SSSR count). The van der Waals surface area contributed by atoms with Crippen molar-refractivity contribution in [3.63, 3.8) is 0 Å². The van der Waals surface area contributed by atoms with Crippen LogP contribution >= 0.6 is 0 Å². The van der Waals surface area contributed by atoms with Gasteiger partial charge in [0.25, 0.3) is 0 Å². The maximum Gasteiger partial charge on any atom is 0.144 e. The van der Waals surface area contributed by atoms with Gasteiger partial charge in [0.1, 0.15) is 6.79 Å². The average Bonchev–Trinajstić information content (AvgIpc) is 2.15. The van der Waals surface area contributed by atoms with E-state index in [9.17, 15) is 0 Å². The molecule has 13 heavy (non-hydrogen) atoms. The minimum Gasteiger partial charge on any atom is -0.371 e. The summed E-state index contributed by atoms with van der Waals surface area (Å²) in [6.45, 7) is 8.05. The number of nitrogens with zero attached hydrogens (tertiary/aromatic N) is 1. The molecule has 3 heteroatoms. The number of rotatable bonds is 2. The summed E-state index contributed by atoms with van der Waals surface area (Å²) in [6.07, 6.45) is 2.04. The summed E-state index contributed by atoms with van der Waals surface area (Å²) in [5, 5.41) is 8.61. The first-order valence-electron chi connectivity index (χ1n) is 5.10. The molecule has 3 nitrogen and oxygen atoms in total. The Morgan fingerprint density at radius 3 is 2.15 bits per heavy atom. The van der Waals surface area contributed by atoms with Gasteiger partial charge in [-0.15, -0.1) is 0 Å². The highest BCUT2D eigenvalue weighted by atomic mass is 16.6. The van der Waals surface area contributed by atoms with Crippen molar-refractivity contribution in [3.05, 3.63) is 0 Å². The molecule has 1 aliphatic heterocycles. The van der Waals surface area contributed by atoms with Crippen LogP contribution in [0.25, 0.3) is 0 Å². The predicted octanol–water partition coefficient (Wildman–Crippen LogP) is 1.46. The molecule has 0 atom stereocenters. The van der Waals surface area contributed by atoms with E-state index in [1.807, 2.05) is 13.8 Å². The molecular formula is C10H23NO2. The third kappa shape index (κ3) is 4.60. The number of aliphatic hydroxyl groups excluding tert-OH is 1. The molecule has 0 aromatic rings. The molecule has 0 radical (unpaired) electrons. The first-order valence-corrected chi connectivity index (χ1v) is 5.10. The van der Waals surface area contributed by atoms with Gasteiger partial charge in [0.15, 0.2) is 0 Å². The fourth-order valence-corrected chi connectivity index (χ4v) is 1.39. The second kappa shape index (κ2) is 6.35. The monoisotopic (exact) mass is 189 g/mol. The maximum absolute atomic E-state index is 8.61. The quantitative estimate of drug-likeness (QED) is 0.668. The Labute approximate surface area is 81.7 Å². The Hall–Kier alpha value is -0.120. The van der Waals surface area contributed by atoms with Gasteiger partial charge >= 0.3 is 0 Å². The molecule has 0 bridgehead atoms. The van der Waals surface area contributed by atoms with Crippen LogP contribution < -0.4 is 0 Å². The first kappa shape index (κ1) is 12.9. The van der Waals surface area contributed by atoms with Crippen molar-refractivity contribution in [2.24, 2.45) is 0 Å². The molecule has 1 saturated heterocycles. The summed E-state index contributed by atoms with van der Waals surface area (Å²) >= 11 is 0. The number of aliphatic hydroxyl groups is 1. The van der Waals surface area contributed by atoms with Crippen molar-refractivity contribution in [1.29, 1.82) is 0 Å². The number of hydrogen-bond acceptors (Lipinski definition) is 3. The zero-order valence-corrected chi connectivity index (χ0v) is 9.34. The van der Waals surface area contributed by atoms with Gasteiger partial charge in [0.2, 0.25) is 0 Å². The Balaban J connectivity index is 0.000000671. The highest BCUT2D eigenvalue weighted by Crippen LogP contribution is 2.24. The van der Waals surface area contributed by atoms with Gasteiger partial charge in [-0.3, -0.25) is 0 Å². The number of hydrogen-bond donors (Lipinski definition) is 1. The van der Waals surface area contributed by atoms with Crippen LogP contribution in [-0.4, -0.2) is 42.5 Å². The predicted molar refractivity (Wildman–Crippen MR) is 54.7 cm³/mol. The third-order valence-electron chi connectivity index (χ3n) is 2.46. The van der Waals surface area contributed by atoms with E-state index in [4.69, 9.17) is 9.84 Å². The topological polar surface area (TPSA) is 32.7 Å². The van der Waals surface area contributed by atoms with Crippen molar-refractivity contribution < 1.29 is 9.84 Å². The van der Waals surface area contributed by atoms with E-state index in [-0.39, 0.29) is 12.4 Å². The molecule has 0 aliphatic carbocycles. The summed E-state index contributed by atoms with van der Waals surface area (Å²) in [5.41, 5.74) is -0.0821. The molecule has 0 unspecified atom stereocenters. The maximum atomic E-state index is 8.61. The van der Waals surface area contributed by atoms with E-state index in [0.29, 0.717) is 0 Å². The molecule has 0 saturated carbocycles. The second-order valence-corrected chi connectivity index (χ2v) is 3.53. The van der Waals surface area contributed by atoms with E-state index < -0.39 is 0 Å². The van der Waals surface area contributed by atoms with Crippen LogP contribution in [0.2, 0.25) is 0 Å². The van der Waals surface area contributed by atoms with Gasteiger partial charge in [0, 0.05) is 13.1 Å². The van der Waals surface area contributed by atoms with E-state index in [1.165, 1.54) is 0 Å². The Morgan fingerprint density at radius 1 is 1.31 bits per heavy atom. The summed E-state index contributed by atoms with van der Waals surface area (Å²) in [4.78, 5) is 2.28. The summed E-state index contributed by atoms with van der Waals surface area (Å²) in [7, 11) is 2.11. The lowest BCUT2D eigenvalue weighted by Gasteiger charge is -2.37. The Morgan fingerprint density at radius 2 is 1.77 bits per heavy atom. The van der Waals surface area contributed by atoms with Gasteiger partial charge < -0.3 is 14.7 Å². The van der Waals surface area contributed by atoms with Crippen molar-refractivity contribution >= 4 is 0 Å². The van der Waals surface area contributed by atoms with Crippen LogP contribution in [-0.2, 0) is 4.74 Å².